The van der Waals surface area contributed by atoms with Crippen LogP contribution in [0.4, 0.5) is 5.69 Å². The first-order chi connectivity index (χ1) is 12.9. The van der Waals surface area contributed by atoms with E-state index in [-0.39, 0.29) is 23.5 Å². The quantitative estimate of drug-likeness (QED) is 0.733. The zero-order valence-electron chi connectivity index (χ0n) is 14.7. The van der Waals surface area contributed by atoms with Crippen molar-refractivity contribution in [1.82, 2.24) is 4.72 Å². The van der Waals surface area contributed by atoms with Gasteiger partial charge in [0.2, 0.25) is 10.0 Å². The number of rotatable bonds is 7. The number of benzene rings is 2. The Bertz CT molecular complexity index is 877. The van der Waals surface area contributed by atoms with E-state index >= 15 is 0 Å². The standard InChI is InChI=1S/C19H21ClN2O4S/c20-14-5-7-15(8-6-14)21-19(23)13-26-17-9-11-18(12-10-17)27(24,25)22-16-3-1-2-4-16/h5-12,16,22H,1-4,13H2,(H,21,23). The maximum absolute atomic E-state index is 12.4. The van der Waals surface area contributed by atoms with Gasteiger partial charge < -0.3 is 10.1 Å². The lowest BCUT2D eigenvalue weighted by Crippen LogP contribution is -2.32. The van der Waals surface area contributed by atoms with Crippen LogP contribution in [0.1, 0.15) is 25.7 Å². The first kappa shape index (κ1) is 19.7. The van der Waals surface area contributed by atoms with Gasteiger partial charge in [-0.2, -0.15) is 0 Å². The lowest BCUT2D eigenvalue weighted by molar-refractivity contribution is -0.118. The van der Waals surface area contributed by atoms with Crippen LogP contribution in [0.2, 0.25) is 5.02 Å². The number of sulfonamides is 1. The minimum Gasteiger partial charge on any atom is -0.484 e. The first-order valence-electron chi connectivity index (χ1n) is 8.73. The fraction of sp³-hybridized carbons (Fsp3) is 0.316. The third-order valence-corrected chi connectivity index (χ3v) is 6.10. The number of hydrogen-bond acceptors (Lipinski definition) is 4. The molecule has 2 N–H and O–H groups in total. The van der Waals surface area contributed by atoms with Crippen molar-refractivity contribution >= 4 is 33.2 Å². The molecule has 1 saturated carbocycles. The SMILES string of the molecule is O=C(COc1ccc(S(=O)(=O)NC2CCCC2)cc1)Nc1ccc(Cl)cc1. The molecule has 0 spiro atoms. The lowest BCUT2D eigenvalue weighted by atomic mass is 10.3. The number of amides is 1. The van der Waals surface area contributed by atoms with Gasteiger partial charge in [0.1, 0.15) is 5.75 Å². The van der Waals surface area contributed by atoms with Crippen LogP contribution in [0.3, 0.4) is 0 Å². The number of hydrogen-bond donors (Lipinski definition) is 2. The smallest absolute Gasteiger partial charge is 0.262 e. The first-order valence-corrected chi connectivity index (χ1v) is 10.6. The molecule has 1 aliphatic carbocycles. The van der Waals surface area contributed by atoms with Crippen LogP contribution in [0.15, 0.2) is 53.4 Å². The molecule has 144 valence electrons. The van der Waals surface area contributed by atoms with E-state index in [4.69, 9.17) is 16.3 Å². The maximum Gasteiger partial charge on any atom is 0.262 e. The summed E-state index contributed by atoms with van der Waals surface area (Å²) in [4.78, 5) is 12.1. The molecule has 27 heavy (non-hydrogen) atoms. The van der Waals surface area contributed by atoms with E-state index in [1.165, 1.54) is 12.1 Å². The van der Waals surface area contributed by atoms with Crippen molar-refractivity contribution in [2.45, 2.75) is 36.6 Å². The Hall–Kier alpha value is -2.09. The summed E-state index contributed by atoms with van der Waals surface area (Å²) < 4.78 is 32.9. The van der Waals surface area contributed by atoms with E-state index in [2.05, 4.69) is 10.0 Å². The Morgan fingerprint density at radius 1 is 1.04 bits per heavy atom. The molecule has 0 bridgehead atoms. The Balaban J connectivity index is 1.52. The summed E-state index contributed by atoms with van der Waals surface area (Å²) in [5, 5.41) is 3.27. The van der Waals surface area contributed by atoms with Crippen molar-refractivity contribution in [2.24, 2.45) is 0 Å². The Kier molecular flexibility index (Phi) is 6.36. The summed E-state index contributed by atoms with van der Waals surface area (Å²) in [6.45, 7) is -0.185. The summed E-state index contributed by atoms with van der Waals surface area (Å²) >= 11 is 5.80. The van der Waals surface area contributed by atoms with Crippen LogP contribution in [0.5, 0.6) is 5.75 Å². The molecule has 0 aromatic heterocycles. The Labute approximate surface area is 163 Å². The van der Waals surface area contributed by atoms with E-state index in [1.54, 1.807) is 36.4 Å². The number of carbonyl (C=O) groups is 1. The molecular formula is C19H21ClN2O4S. The molecule has 6 nitrogen and oxygen atoms in total. The normalized spacial score (nSPS) is 14.9. The fourth-order valence-corrected chi connectivity index (χ4v) is 4.36. The van der Waals surface area contributed by atoms with Crippen molar-refractivity contribution in [3.63, 3.8) is 0 Å². The second-order valence-electron chi connectivity index (χ2n) is 6.42. The molecule has 2 aromatic carbocycles. The second-order valence-corrected chi connectivity index (χ2v) is 8.57. The van der Waals surface area contributed by atoms with Crippen LogP contribution in [0, 0.1) is 0 Å². The Morgan fingerprint density at radius 2 is 1.67 bits per heavy atom. The molecule has 3 rings (SSSR count). The topological polar surface area (TPSA) is 84.5 Å². The summed E-state index contributed by atoms with van der Waals surface area (Å²) in [5.41, 5.74) is 0.618. The predicted octanol–water partition coefficient (Wildman–Crippen LogP) is 3.58. The highest BCUT2D eigenvalue weighted by Crippen LogP contribution is 2.21. The van der Waals surface area contributed by atoms with Crippen molar-refractivity contribution in [3.8, 4) is 5.75 Å². The van der Waals surface area contributed by atoms with Gasteiger partial charge in [-0.25, -0.2) is 13.1 Å². The molecule has 0 heterocycles. The van der Waals surface area contributed by atoms with Gasteiger partial charge in [-0.15, -0.1) is 0 Å². The van der Waals surface area contributed by atoms with Gasteiger partial charge in [-0.3, -0.25) is 4.79 Å². The summed E-state index contributed by atoms with van der Waals surface area (Å²) in [6.07, 6.45) is 3.86. The van der Waals surface area contributed by atoms with E-state index < -0.39 is 10.0 Å². The van der Waals surface area contributed by atoms with Gasteiger partial charge in [0.05, 0.1) is 4.90 Å². The van der Waals surface area contributed by atoms with E-state index in [1.807, 2.05) is 0 Å². The summed E-state index contributed by atoms with van der Waals surface area (Å²) in [5.74, 6) is 0.0954. The minimum atomic E-state index is -3.53. The molecule has 8 heteroatoms. The zero-order valence-corrected chi connectivity index (χ0v) is 16.2. The maximum atomic E-state index is 12.4. The molecule has 0 aliphatic heterocycles. The van der Waals surface area contributed by atoms with E-state index in [9.17, 15) is 13.2 Å². The highest BCUT2D eigenvalue weighted by Gasteiger charge is 2.22. The second kappa shape index (κ2) is 8.73. The number of carbonyl (C=O) groups excluding carboxylic acids is 1. The van der Waals surface area contributed by atoms with Gasteiger partial charge in [0.15, 0.2) is 6.61 Å². The molecule has 0 radical (unpaired) electrons. The average Bonchev–Trinajstić information content (AvgIpc) is 3.14. The van der Waals surface area contributed by atoms with Crippen LogP contribution in [-0.4, -0.2) is 27.0 Å². The number of halogens is 1. The van der Waals surface area contributed by atoms with Gasteiger partial charge in [-0.05, 0) is 61.4 Å². The van der Waals surface area contributed by atoms with Crippen LogP contribution >= 0.6 is 11.6 Å². The minimum absolute atomic E-state index is 0.0162. The molecule has 1 aliphatic rings. The van der Waals surface area contributed by atoms with Gasteiger partial charge in [0.25, 0.3) is 5.91 Å². The molecule has 1 amide bonds. The lowest BCUT2D eigenvalue weighted by Gasteiger charge is -2.13. The monoisotopic (exact) mass is 408 g/mol. The van der Waals surface area contributed by atoms with Crippen LogP contribution in [-0.2, 0) is 14.8 Å². The highest BCUT2D eigenvalue weighted by atomic mass is 35.5. The van der Waals surface area contributed by atoms with E-state index in [0.29, 0.717) is 16.5 Å². The molecule has 0 atom stereocenters. The Morgan fingerprint density at radius 3 is 2.30 bits per heavy atom. The number of nitrogens with one attached hydrogen (secondary N) is 2. The summed E-state index contributed by atoms with van der Waals surface area (Å²) in [6, 6.07) is 12.8. The average molecular weight is 409 g/mol. The molecule has 0 unspecified atom stereocenters. The zero-order chi connectivity index (χ0) is 19.3. The largest absolute Gasteiger partial charge is 0.484 e. The van der Waals surface area contributed by atoms with Crippen molar-refractivity contribution in [1.29, 1.82) is 0 Å². The van der Waals surface area contributed by atoms with E-state index in [0.717, 1.165) is 25.7 Å². The third-order valence-electron chi connectivity index (χ3n) is 4.31. The fourth-order valence-electron chi connectivity index (χ4n) is 2.93. The van der Waals surface area contributed by atoms with Gasteiger partial charge in [0, 0.05) is 16.8 Å². The predicted molar refractivity (Wildman–Crippen MR) is 105 cm³/mol. The van der Waals surface area contributed by atoms with Crippen molar-refractivity contribution in [2.75, 3.05) is 11.9 Å². The van der Waals surface area contributed by atoms with Crippen molar-refractivity contribution in [3.05, 3.63) is 53.6 Å². The molecular weight excluding hydrogens is 388 g/mol. The molecule has 0 saturated heterocycles. The highest BCUT2D eigenvalue weighted by molar-refractivity contribution is 7.89. The van der Waals surface area contributed by atoms with Gasteiger partial charge >= 0.3 is 0 Å². The molecule has 2 aromatic rings. The third kappa shape index (κ3) is 5.69. The summed E-state index contributed by atoms with van der Waals surface area (Å²) in [7, 11) is -3.53. The number of anilines is 1. The van der Waals surface area contributed by atoms with Gasteiger partial charge in [-0.1, -0.05) is 24.4 Å². The van der Waals surface area contributed by atoms with Crippen molar-refractivity contribution < 1.29 is 17.9 Å². The molecule has 1 fully saturated rings. The number of ether oxygens (including phenoxy) is 1. The van der Waals surface area contributed by atoms with Crippen LogP contribution < -0.4 is 14.8 Å². The van der Waals surface area contributed by atoms with Crippen LogP contribution in [0.25, 0.3) is 0 Å².